The Labute approximate surface area is 345 Å². The number of aliphatic hydroxyl groups excluding tert-OH is 2. The fourth-order valence-electron chi connectivity index (χ4n) is 10.2. The van der Waals surface area contributed by atoms with Crippen LogP contribution in [0.1, 0.15) is 121 Å². The van der Waals surface area contributed by atoms with Crippen molar-refractivity contribution >= 4 is 35.8 Å². The number of ketones is 1. The van der Waals surface area contributed by atoms with Gasteiger partial charge in [-0.3, -0.25) is 19.2 Å². The van der Waals surface area contributed by atoms with E-state index in [-0.39, 0.29) is 24.2 Å². The summed E-state index contributed by atoms with van der Waals surface area (Å²) in [5.41, 5.74) is -7.66. The Balaban J connectivity index is 1.71. The van der Waals surface area contributed by atoms with E-state index in [1.807, 2.05) is 0 Å². The highest BCUT2D eigenvalue weighted by atomic mass is 16.6. The highest BCUT2D eigenvalue weighted by Gasteiger charge is 2.78. The van der Waals surface area contributed by atoms with Crippen LogP contribution in [-0.4, -0.2) is 117 Å². The molecular weight excluding hydrogens is 770 g/mol. The predicted octanol–water partition coefficient (Wildman–Crippen LogP) is 3.69. The van der Waals surface area contributed by atoms with Gasteiger partial charge in [0.1, 0.15) is 29.5 Å². The predicted molar refractivity (Wildman–Crippen MR) is 208 cm³/mol. The molecule has 0 aromatic carbocycles. The Bertz CT molecular complexity index is 1770. The molecule has 1 heterocycles. The van der Waals surface area contributed by atoms with E-state index in [9.17, 15) is 39.3 Å². The quantitative estimate of drug-likeness (QED) is 0.148. The average molecular weight is 834 g/mol. The van der Waals surface area contributed by atoms with Crippen LogP contribution in [0.25, 0.3) is 0 Å². The lowest BCUT2D eigenvalue weighted by molar-refractivity contribution is -0.347. The number of carbonyl (C=O) groups is 6. The molecule has 16 heteroatoms. The third-order valence-corrected chi connectivity index (χ3v) is 13.2. The number of allylic oxidation sites excluding steroid dienone is 1. The first-order chi connectivity index (χ1) is 27.2. The molecule has 4 N–H and O–H groups in total. The first kappa shape index (κ1) is 46.2. The van der Waals surface area contributed by atoms with Crippen molar-refractivity contribution in [3.05, 3.63) is 22.8 Å². The molecule has 5 rings (SSSR count). The second-order valence-corrected chi connectivity index (χ2v) is 19.0. The second-order valence-electron chi connectivity index (χ2n) is 19.0. The molecule has 0 aromatic rings. The highest BCUT2D eigenvalue weighted by Crippen LogP contribution is 2.64. The molecule has 4 aliphatic carbocycles. The summed E-state index contributed by atoms with van der Waals surface area (Å²) in [5.74, 6) is -6.36. The van der Waals surface area contributed by atoms with Gasteiger partial charge in [0.25, 0.3) is 0 Å². The molecule has 4 fully saturated rings. The summed E-state index contributed by atoms with van der Waals surface area (Å²) in [6.45, 7) is 16.5. The monoisotopic (exact) mass is 833 g/mol. The number of carbonyl (C=O) groups excluding carboxylic acids is 6. The molecule has 0 radical (unpaired) electrons. The first-order valence-corrected chi connectivity index (χ1v) is 20.6. The van der Waals surface area contributed by atoms with Crippen LogP contribution in [0.5, 0.6) is 0 Å². The molecule has 1 amide bonds. The number of Topliss-reactive ketones (excluding diaryl/α,β-unsaturated/α-hetero) is 1. The molecule has 1 saturated heterocycles. The zero-order chi connectivity index (χ0) is 44.2. The van der Waals surface area contributed by atoms with Gasteiger partial charge in [-0.15, -0.1) is 0 Å². The van der Waals surface area contributed by atoms with Gasteiger partial charge in [0, 0.05) is 32.1 Å². The largest absolute Gasteiger partial charge is 0.459 e. The number of hydrogen-bond acceptors (Lipinski definition) is 15. The molecule has 5 aliphatic rings. The lowest BCUT2D eigenvalue weighted by atomic mass is 9.44. The minimum atomic E-state index is -2.31. The molecule has 0 aromatic heterocycles. The minimum Gasteiger partial charge on any atom is -0.459 e. The summed E-state index contributed by atoms with van der Waals surface area (Å²) in [7, 11) is 0. The number of aliphatic hydroxyl groups is 3. The van der Waals surface area contributed by atoms with Gasteiger partial charge in [-0.2, -0.15) is 0 Å². The number of hydrogen-bond donors (Lipinski definition) is 4. The van der Waals surface area contributed by atoms with Crippen molar-refractivity contribution in [3.8, 4) is 0 Å². The van der Waals surface area contributed by atoms with E-state index < -0.39 is 124 Å². The lowest BCUT2D eigenvalue weighted by Gasteiger charge is -2.67. The number of alkyl carbamates (subject to hydrolysis) is 1. The van der Waals surface area contributed by atoms with Gasteiger partial charge >= 0.3 is 30.0 Å². The summed E-state index contributed by atoms with van der Waals surface area (Å²) in [6.07, 6.45) is -6.12. The number of ether oxygens (including phenoxy) is 6. The fraction of sp³-hybridized carbons (Fsp3) is 0.767. The third-order valence-electron chi connectivity index (χ3n) is 13.2. The van der Waals surface area contributed by atoms with Crippen LogP contribution in [0.3, 0.4) is 0 Å². The zero-order valence-corrected chi connectivity index (χ0v) is 36.2. The van der Waals surface area contributed by atoms with Crippen LogP contribution in [0.4, 0.5) is 4.79 Å². The van der Waals surface area contributed by atoms with Crippen molar-refractivity contribution in [2.45, 2.75) is 181 Å². The van der Waals surface area contributed by atoms with Crippen LogP contribution < -0.4 is 5.32 Å². The van der Waals surface area contributed by atoms with E-state index in [0.29, 0.717) is 18.4 Å². The Morgan fingerprint density at radius 1 is 0.949 bits per heavy atom. The molecule has 1 aliphatic heterocycles. The SMILES string of the molecule is CC(=O)O[C@H]1C(=O)[C@@]2(C)C(C(OC(=O)C3CCCCC3)[C@]3(O)C[C@H](OC(=O)[C@H](O)[C@H](C=C(C)C)NC(=O)OC(C)(C)C)C(C)=C1C3(C)C)[C@]1(OC(C)=O)CO[C@@H]1C[C@@H]2O. The minimum absolute atomic E-state index is 0.0329. The van der Waals surface area contributed by atoms with Crippen molar-refractivity contribution < 1.29 is 72.5 Å². The Hall–Kier alpha value is -3.86. The van der Waals surface area contributed by atoms with E-state index in [1.165, 1.54) is 26.8 Å². The first-order valence-electron chi connectivity index (χ1n) is 20.6. The van der Waals surface area contributed by atoms with Crippen molar-refractivity contribution in [1.29, 1.82) is 0 Å². The smallest absolute Gasteiger partial charge is 0.408 e. The third kappa shape index (κ3) is 8.43. The standard InChI is InChI=1S/C43H63NO15/c1-21(2)17-26(44-38(52)59-39(6,7)8)31(48)37(51)56-27-19-43(53)35(57-36(50)25-15-13-12-14-16-25)33-41(11,28(47)18-29-42(33,20-54-29)58-24(5)46)34(49)32(55-23(4)45)30(22(27)3)40(43,9)10/h17,25-29,31-33,35,47-48,53H,12-16,18-20H2,1-11H3,(H,44,52)/t26-,27-,28-,29+,31+,32+,33?,35?,41+,42-,43+/m0/s1. The summed E-state index contributed by atoms with van der Waals surface area (Å²) < 4.78 is 35.7. The van der Waals surface area contributed by atoms with Crippen molar-refractivity contribution in [3.63, 3.8) is 0 Å². The fourth-order valence-corrected chi connectivity index (χ4v) is 10.2. The molecular formula is C43H63NO15. The van der Waals surface area contributed by atoms with E-state index in [0.717, 1.165) is 26.2 Å². The maximum absolute atomic E-state index is 15.4. The molecule has 330 valence electrons. The number of esters is 4. The summed E-state index contributed by atoms with van der Waals surface area (Å²) in [4.78, 5) is 82.5. The number of amides is 1. The topological polar surface area (TPSA) is 231 Å². The molecule has 0 spiro atoms. The average Bonchev–Trinajstić information content (AvgIpc) is 3.11. The normalized spacial score (nSPS) is 35.1. The van der Waals surface area contributed by atoms with Gasteiger partial charge in [0.15, 0.2) is 23.6 Å². The van der Waals surface area contributed by atoms with E-state index in [1.54, 1.807) is 48.5 Å². The van der Waals surface area contributed by atoms with Gasteiger partial charge < -0.3 is 49.1 Å². The van der Waals surface area contributed by atoms with Gasteiger partial charge in [-0.25, -0.2) is 9.59 Å². The van der Waals surface area contributed by atoms with Gasteiger partial charge in [-0.1, -0.05) is 44.8 Å². The van der Waals surface area contributed by atoms with Crippen LogP contribution in [0.2, 0.25) is 0 Å². The summed E-state index contributed by atoms with van der Waals surface area (Å²) in [5, 5.41) is 39.6. The van der Waals surface area contributed by atoms with Crippen LogP contribution in [-0.2, 0) is 52.4 Å². The molecule has 3 saturated carbocycles. The Morgan fingerprint density at radius 2 is 1.58 bits per heavy atom. The van der Waals surface area contributed by atoms with Crippen LogP contribution >= 0.6 is 0 Å². The second kappa shape index (κ2) is 16.5. The summed E-state index contributed by atoms with van der Waals surface area (Å²) in [6, 6.07) is -1.33. The Morgan fingerprint density at radius 3 is 2.10 bits per heavy atom. The molecule has 59 heavy (non-hydrogen) atoms. The maximum Gasteiger partial charge on any atom is 0.408 e. The maximum atomic E-state index is 15.4. The van der Waals surface area contributed by atoms with Gasteiger partial charge in [0.2, 0.25) is 0 Å². The number of fused-ring (bicyclic) bond motifs is 5. The van der Waals surface area contributed by atoms with E-state index >= 15 is 4.79 Å². The molecule has 2 bridgehead atoms. The van der Waals surface area contributed by atoms with Crippen LogP contribution in [0, 0.1) is 22.7 Å². The molecule has 2 unspecified atom stereocenters. The number of nitrogens with one attached hydrogen (secondary N) is 1. The van der Waals surface area contributed by atoms with Gasteiger partial charge in [0.05, 0.1) is 36.0 Å². The molecule has 11 atom stereocenters. The van der Waals surface area contributed by atoms with Crippen LogP contribution in [0.15, 0.2) is 22.8 Å². The van der Waals surface area contributed by atoms with Crippen molar-refractivity contribution in [2.75, 3.05) is 6.61 Å². The van der Waals surface area contributed by atoms with E-state index in [4.69, 9.17) is 28.4 Å². The Kier molecular flexibility index (Phi) is 13.0. The highest BCUT2D eigenvalue weighted by molar-refractivity contribution is 5.95. The lowest BCUT2D eigenvalue weighted by Crippen LogP contribution is -2.82. The van der Waals surface area contributed by atoms with E-state index in [2.05, 4.69) is 5.32 Å². The van der Waals surface area contributed by atoms with Crippen molar-refractivity contribution in [2.24, 2.45) is 22.7 Å². The molecule has 16 nitrogen and oxygen atoms in total. The van der Waals surface area contributed by atoms with Crippen molar-refractivity contribution in [1.82, 2.24) is 5.32 Å². The summed E-state index contributed by atoms with van der Waals surface area (Å²) >= 11 is 0. The number of rotatable bonds is 9. The zero-order valence-electron chi connectivity index (χ0n) is 36.2. The van der Waals surface area contributed by atoms with Gasteiger partial charge in [-0.05, 0) is 72.5 Å².